The molecule has 1 spiro atoms. The van der Waals surface area contributed by atoms with Crippen LogP contribution < -0.4 is 10.2 Å². The highest BCUT2D eigenvalue weighted by atomic mass is 35.5. The summed E-state index contributed by atoms with van der Waals surface area (Å²) in [5.74, 6) is 0.00219. The SMILES string of the molecule is O=C(CN1CN(c2ccccc2)C2(CCN(C(=O)Nc3ccc(Cl)cc3)CC2)C1=O)N1CCCCC1. The molecule has 0 saturated carbocycles. The molecule has 2 aromatic carbocycles. The molecule has 0 aliphatic carbocycles. The van der Waals surface area contributed by atoms with Crippen molar-refractivity contribution in [1.29, 1.82) is 0 Å². The van der Waals surface area contributed by atoms with Gasteiger partial charge in [0, 0.05) is 42.6 Å². The number of carbonyl (C=O) groups is 3. The van der Waals surface area contributed by atoms with Gasteiger partial charge in [-0.2, -0.15) is 0 Å². The highest BCUT2D eigenvalue weighted by Gasteiger charge is 2.54. The second kappa shape index (κ2) is 10.4. The Morgan fingerprint density at radius 1 is 0.861 bits per heavy atom. The lowest BCUT2D eigenvalue weighted by molar-refractivity contribution is -0.141. The van der Waals surface area contributed by atoms with Gasteiger partial charge in [-0.05, 0) is 68.5 Å². The molecule has 3 saturated heterocycles. The monoisotopic (exact) mass is 509 g/mol. The number of benzene rings is 2. The molecule has 0 aromatic heterocycles. The third-order valence-electron chi connectivity index (χ3n) is 7.59. The molecule has 36 heavy (non-hydrogen) atoms. The van der Waals surface area contributed by atoms with Crippen LogP contribution in [0.1, 0.15) is 32.1 Å². The first-order valence-corrected chi connectivity index (χ1v) is 13.1. The van der Waals surface area contributed by atoms with Gasteiger partial charge in [-0.15, -0.1) is 0 Å². The highest BCUT2D eigenvalue weighted by molar-refractivity contribution is 6.30. The van der Waals surface area contributed by atoms with Crippen LogP contribution in [0.15, 0.2) is 54.6 Å². The lowest BCUT2D eigenvalue weighted by Gasteiger charge is -2.43. The third-order valence-corrected chi connectivity index (χ3v) is 7.84. The van der Waals surface area contributed by atoms with Gasteiger partial charge in [-0.25, -0.2) is 4.79 Å². The molecule has 9 heteroatoms. The largest absolute Gasteiger partial charge is 0.341 e. The Bertz CT molecular complexity index is 1100. The maximum Gasteiger partial charge on any atom is 0.321 e. The predicted molar refractivity (Wildman–Crippen MR) is 140 cm³/mol. The number of carbonyl (C=O) groups excluding carboxylic acids is 3. The number of nitrogens with one attached hydrogen (secondary N) is 1. The fourth-order valence-corrected chi connectivity index (χ4v) is 5.67. The third kappa shape index (κ3) is 4.87. The van der Waals surface area contributed by atoms with Crippen LogP contribution in [0.3, 0.4) is 0 Å². The van der Waals surface area contributed by atoms with Gasteiger partial charge in [0.1, 0.15) is 12.1 Å². The van der Waals surface area contributed by atoms with E-state index in [1.54, 1.807) is 34.1 Å². The zero-order chi connectivity index (χ0) is 25.1. The lowest BCUT2D eigenvalue weighted by atomic mass is 9.85. The average molecular weight is 510 g/mol. The number of likely N-dealkylation sites (tertiary alicyclic amines) is 2. The van der Waals surface area contributed by atoms with Gasteiger partial charge in [0.05, 0.1) is 6.67 Å². The van der Waals surface area contributed by atoms with Crippen LogP contribution in [0.25, 0.3) is 0 Å². The van der Waals surface area contributed by atoms with Crippen molar-refractivity contribution >= 4 is 40.8 Å². The molecule has 1 N–H and O–H groups in total. The summed E-state index contributed by atoms with van der Waals surface area (Å²) < 4.78 is 0. The molecule has 3 fully saturated rings. The van der Waals surface area contributed by atoms with Crippen molar-refractivity contribution in [3.05, 3.63) is 59.6 Å². The summed E-state index contributed by atoms with van der Waals surface area (Å²) in [4.78, 5) is 47.2. The lowest BCUT2D eigenvalue weighted by Crippen LogP contribution is -2.58. The molecular weight excluding hydrogens is 478 g/mol. The van der Waals surface area contributed by atoms with E-state index in [9.17, 15) is 14.4 Å². The van der Waals surface area contributed by atoms with Gasteiger partial charge in [-0.3, -0.25) is 9.59 Å². The molecule has 0 bridgehead atoms. The molecule has 0 atom stereocenters. The molecule has 5 rings (SSSR count). The van der Waals surface area contributed by atoms with E-state index in [1.807, 2.05) is 35.2 Å². The summed E-state index contributed by atoms with van der Waals surface area (Å²) in [5.41, 5.74) is 0.869. The van der Waals surface area contributed by atoms with Gasteiger partial charge < -0.3 is 24.9 Å². The number of urea groups is 1. The smallest absolute Gasteiger partial charge is 0.321 e. The van der Waals surface area contributed by atoms with Crippen molar-refractivity contribution in [1.82, 2.24) is 14.7 Å². The van der Waals surface area contributed by atoms with Crippen LogP contribution in [0, 0.1) is 0 Å². The Hall–Kier alpha value is -3.26. The second-order valence-corrected chi connectivity index (χ2v) is 10.2. The molecule has 8 nitrogen and oxygen atoms in total. The predicted octanol–water partition coefficient (Wildman–Crippen LogP) is 4.03. The first-order valence-electron chi connectivity index (χ1n) is 12.7. The van der Waals surface area contributed by atoms with E-state index < -0.39 is 5.54 Å². The van der Waals surface area contributed by atoms with E-state index in [4.69, 9.17) is 11.6 Å². The van der Waals surface area contributed by atoms with Crippen LogP contribution in [-0.4, -0.2) is 77.5 Å². The molecule has 4 amide bonds. The maximum atomic E-state index is 13.9. The highest BCUT2D eigenvalue weighted by Crippen LogP contribution is 2.39. The second-order valence-electron chi connectivity index (χ2n) is 9.81. The zero-order valence-electron chi connectivity index (χ0n) is 20.4. The van der Waals surface area contributed by atoms with Gasteiger partial charge in [0.15, 0.2) is 0 Å². The number of piperidine rings is 2. The summed E-state index contributed by atoms with van der Waals surface area (Å²) >= 11 is 5.94. The number of hydrogen-bond acceptors (Lipinski definition) is 4. The number of hydrogen-bond donors (Lipinski definition) is 1. The fraction of sp³-hybridized carbons (Fsp3) is 0.444. The number of nitrogens with zero attached hydrogens (tertiary/aromatic N) is 4. The van der Waals surface area contributed by atoms with E-state index in [-0.39, 0.29) is 24.4 Å². The molecular formula is C27H32ClN5O3. The topological polar surface area (TPSA) is 76.2 Å². The van der Waals surface area contributed by atoms with E-state index in [2.05, 4.69) is 10.2 Å². The van der Waals surface area contributed by atoms with Crippen molar-refractivity contribution in [3.63, 3.8) is 0 Å². The van der Waals surface area contributed by atoms with Crippen molar-refractivity contribution in [2.45, 2.75) is 37.6 Å². The minimum absolute atomic E-state index is 0.0190. The number of halogens is 1. The molecule has 0 unspecified atom stereocenters. The van der Waals surface area contributed by atoms with E-state index in [0.29, 0.717) is 43.3 Å². The first-order chi connectivity index (χ1) is 17.5. The minimum atomic E-state index is -0.763. The van der Waals surface area contributed by atoms with E-state index >= 15 is 0 Å². The summed E-state index contributed by atoms with van der Waals surface area (Å²) in [6, 6.07) is 16.7. The summed E-state index contributed by atoms with van der Waals surface area (Å²) in [6.07, 6.45) is 4.20. The Morgan fingerprint density at radius 3 is 2.19 bits per heavy atom. The summed E-state index contributed by atoms with van der Waals surface area (Å²) in [5, 5.41) is 3.52. The standard InChI is InChI=1S/C27H32ClN5O3/c28-21-9-11-22(12-10-21)29-26(36)31-17-13-27(14-18-31)25(35)32(19-24(34)30-15-5-2-6-16-30)20-33(27)23-7-3-1-4-8-23/h1,3-4,7-12H,2,5-6,13-20H2,(H,29,36). The maximum absolute atomic E-state index is 13.9. The van der Waals surface area contributed by atoms with Gasteiger partial charge in [0.2, 0.25) is 5.91 Å². The quantitative estimate of drug-likeness (QED) is 0.675. The van der Waals surface area contributed by atoms with Crippen molar-refractivity contribution in [2.75, 3.05) is 49.6 Å². The number of rotatable bonds is 4. The summed E-state index contributed by atoms with van der Waals surface area (Å²) in [7, 11) is 0. The Morgan fingerprint density at radius 2 is 1.53 bits per heavy atom. The molecule has 0 radical (unpaired) electrons. The van der Waals surface area contributed by atoms with Crippen LogP contribution in [-0.2, 0) is 9.59 Å². The average Bonchev–Trinajstić information content (AvgIpc) is 3.17. The Labute approximate surface area is 216 Å². The van der Waals surface area contributed by atoms with E-state index in [1.165, 1.54) is 0 Å². The van der Waals surface area contributed by atoms with Crippen LogP contribution >= 0.6 is 11.6 Å². The van der Waals surface area contributed by atoms with Crippen molar-refractivity contribution in [2.24, 2.45) is 0 Å². The Kier molecular flexibility index (Phi) is 7.05. The normalized spacial score (nSPS) is 19.6. The zero-order valence-corrected chi connectivity index (χ0v) is 21.1. The van der Waals surface area contributed by atoms with Gasteiger partial charge in [-0.1, -0.05) is 29.8 Å². The fourth-order valence-electron chi connectivity index (χ4n) is 5.54. The summed E-state index contributed by atoms with van der Waals surface area (Å²) in [6.45, 7) is 2.91. The number of amides is 4. The number of anilines is 2. The minimum Gasteiger partial charge on any atom is -0.341 e. The first kappa shape index (κ1) is 24.4. The van der Waals surface area contributed by atoms with Crippen LogP contribution in [0.5, 0.6) is 0 Å². The van der Waals surface area contributed by atoms with Crippen LogP contribution in [0.2, 0.25) is 5.02 Å². The Balaban J connectivity index is 1.30. The molecule has 3 aliphatic heterocycles. The van der Waals surface area contributed by atoms with E-state index in [0.717, 1.165) is 38.0 Å². The van der Waals surface area contributed by atoms with Crippen molar-refractivity contribution < 1.29 is 14.4 Å². The van der Waals surface area contributed by atoms with Crippen LogP contribution in [0.4, 0.5) is 16.2 Å². The van der Waals surface area contributed by atoms with Gasteiger partial charge >= 0.3 is 6.03 Å². The molecule has 3 aliphatic rings. The van der Waals surface area contributed by atoms with Gasteiger partial charge in [0.25, 0.3) is 5.91 Å². The molecule has 3 heterocycles. The van der Waals surface area contributed by atoms with Crippen molar-refractivity contribution in [3.8, 4) is 0 Å². The molecule has 190 valence electrons. The number of para-hydroxylation sites is 1. The molecule has 2 aromatic rings.